The Balaban J connectivity index is 1.81. The lowest BCUT2D eigenvalue weighted by Crippen LogP contribution is -2.29. The van der Waals surface area contributed by atoms with Crippen molar-refractivity contribution in [1.29, 1.82) is 0 Å². The summed E-state index contributed by atoms with van der Waals surface area (Å²) in [5.74, 6) is 0.811. The monoisotopic (exact) mass is 350 g/mol. The molecule has 0 atom stereocenters. The molecule has 0 saturated carbocycles. The fraction of sp³-hybridized carbons (Fsp3) is 0.500. The van der Waals surface area contributed by atoms with Crippen molar-refractivity contribution in [2.24, 2.45) is 0 Å². The molecule has 1 N–H and O–H groups in total. The van der Waals surface area contributed by atoms with Crippen LogP contribution < -0.4 is 4.72 Å². The van der Waals surface area contributed by atoms with E-state index in [0.29, 0.717) is 19.4 Å². The lowest BCUT2D eigenvalue weighted by atomic mass is 9.86. The fourth-order valence-corrected chi connectivity index (χ4v) is 3.43. The van der Waals surface area contributed by atoms with Gasteiger partial charge in [0, 0.05) is 19.0 Å². The molecule has 1 heterocycles. The van der Waals surface area contributed by atoms with E-state index < -0.39 is 10.0 Å². The van der Waals surface area contributed by atoms with Gasteiger partial charge in [-0.3, -0.25) is 0 Å². The zero-order valence-corrected chi connectivity index (χ0v) is 15.6. The summed E-state index contributed by atoms with van der Waals surface area (Å²) in [6, 6.07) is 9.97. The van der Waals surface area contributed by atoms with Crippen molar-refractivity contribution in [2.45, 2.75) is 46.0 Å². The maximum absolute atomic E-state index is 12.1. The second-order valence-corrected chi connectivity index (χ2v) is 9.02. The largest absolute Gasteiger partial charge is 0.361 e. The van der Waals surface area contributed by atoms with Gasteiger partial charge in [-0.1, -0.05) is 50.2 Å². The lowest BCUT2D eigenvalue weighted by molar-refractivity contribution is 0.390. The number of hydrogen-bond donors (Lipinski definition) is 1. The minimum absolute atomic E-state index is 0.0830. The molecule has 0 bridgehead atoms. The van der Waals surface area contributed by atoms with Crippen molar-refractivity contribution in [3.63, 3.8) is 0 Å². The molecule has 0 aliphatic heterocycles. The third-order valence-electron chi connectivity index (χ3n) is 3.86. The molecule has 0 amide bonds. The van der Waals surface area contributed by atoms with Crippen LogP contribution in [0, 0.1) is 6.92 Å². The zero-order chi connectivity index (χ0) is 17.8. The number of nitrogens with zero attached hydrogens (tertiary/aromatic N) is 1. The van der Waals surface area contributed by atoms with Gasteiger partial charge in [-0.15, -0.1) is 0 Å². The highest BCUT2D eigenvalue weighted by Crippen LogP contribution is 2.22. The molecule has 2 aromatic rings. The van der Waals surface area contributed by atoms with Crippen LogP contribution in [-0.2, 0) is 28.3 Å². The molecule has 0 radical (unpaired) electrons. The summed E-state index contributed by atoms with van der Waals surface area (Å²) >= 11 is 0. The summed E-state index contributed by atoms with van der Waals surface area (Å²) in [6.45, 7) is 8.62. The van der Waals surface area contributed by atoms with E-state index in [2.05, 4.69) is 42.8 Å². The van der Waals surface area contributed by atoms with E-state index in [4.69, 9.17) is 4.52 Å². The minimum atomic E-state index is -3.29. The summed E-state index contributed by atoms with van der Waals surface area (Å²) in [5.41, 5.74) is 3.13. The van der Waals surface area contributed by atoms with E-state index >= 15 is 0 Å². The van der Waals surface area contributed by atoms with Gasteiger partial charge in [-0.2, -0.15) is 0 Å². The van der Waals surface area contributed by atoms with Crippen molar-refractivity contribution in [3.8, 4) is 0 Å². The molecule has 0 aliphatic carbocycles. The van der Waals surface area contributed by atoms with Crippen LogP contribution >= 0.6 is 0 Å². The first-order chi connectivity index (χ1) is 11.2. The smallest absolute Gasteiger partial charge is 0.211 e. The van der Waals surface area contributed by atoms with Crippen LogP contribution in [0.3, 0.4) is 0 Å². The second-order valence-electron chi connectivity index (χ2n) is 7.09. The van der Waals surface area contributed by atoms with Crippen LogP contribution in [-0.4, -0.2) is 25.9 Å². The number of aryl methyl sites for hydroxylation is 2. The predicted octanol–water partition coefficient (Wildman–Crippen LogP) is 2.99. The topological polar surface area (TPSA) is 72.2 Å². The van der Waals surface area contributed by atoms with E-state index in [1.807, 2.05) is 25.1 Å². The van der Waals surface area contributed by atoms with E-state index in [1.165, 1.54) is 5.56 Å². The highest BCUT2D eigenvalue weighted by molar-refractivity contribution is 7.89. The van der Waals surface area contributed by atoms with Crippen molar-refractivity contribution in [2.75, 3.05) is 12.3 Å². The maximum Gasteiger partial charge on any atom is 0.211 e. The van der Waals surface area contributed by atoms with Gasteiger partial charge in [-0.25, -0.2) is 13.1 Å². The van der Waals surface area contributed by atoms with Gasteiger partial charge in [-0.05, 0) is 29.9 Å². The summed E-state index contributed by atoms with van der Waals surface area (Å²) < 4.78 is 31.7. The number of nitrogens with one attached hydrogen (secondary N) is 1. The Morgan fingerprint density at radius 3 is 2.33 bits per heavy atom. The quantitative estimate of drug-likeness (QED) is 0.833. The van der Waals surface area contributed by atoms with Crippen LogP contribution in [0.5, 0.6) is 0 Å². The normalized spacial score (nSPS) is 12.5. The summed E-state index contributed by atoms with van der Waals surface area (Å²) in [4.78, 5) is 0. The van der Waals surface area contributed by atoms with Gasteiger partial charge < -0.3 is 4.52 Å². The van der Waals surface area contributed by atoms with Gasteiger partial charge in [0.25, 0.3) is 0 Å². The van der Waals surface area contributed by atoms with Crippen LogP contribution in [0.1, 0.15) is 43.4 Å². The number of hydrogen-bond acceptors (Lipinski definition) is 4. The Hall–Kier alpha value is -1.66. The van der Waals surface area contributed by atoms with Gasteiger partial charge in [0.05, 0.1) is 11.4 Å². The van der Waals surface area contributed by atoms with Crippen molar-refractivity contribution >= 4 is 10.0 Å². The first kappa shape index (κ1) is 18.7. The Bertz CT molecular complexity index is 756. The van der Waals surface area contributed by atoms with Gasteiger partial charge in [0.15, 0.2) is 0 Å². The number of sulfonamides is 1. The Morgan fingerprint density at radius 2 is 1.79 bits per heavy atom. The fourth-order valence-electron chi connectivity index (χ4n) is 2.37. The number of rotatable bonds is 7. The number of benzene rings is 1. The molecule has 24 heavy (non-hydrogen) atoms. The molecule has 0 aliphatic rings. The van der Waals surface area contributed by atoms with Gasteiger partial charge in [0.1, 0.15) is 5.76 Å². The summed E-state index contributed by atoms with van der Waals surface area (Å²) in [7, 11) is -3.29. The average Bonchev–Trinajstić information content (AvgIpc) is 2.90. The minimum Gasteiger partial charge on any atom is -0.361 e. The van der Waals surface area contributed by atoms with Crippen molar-refractivity contribution in [3.05, 3.63) is 52.9 Å². The van der Waals surface area contributed by atoms with Crippen LogP contribution in [0.25, 0.3) is 0 Å². The van der Waals surface area contributed by atoms with E-state index in [1.54, 1.807) is 0 Å². The van der Waals surface area contributed by atoms with E-state index in [0.717, 1.165) is 17.0 Å². The third-order valence-corrected chi connectivity index (χ3v) is 5.24. The Morgan fingerprint density at radius 1 is 1.12 bits per heavy atom. The molecule has 2 rings (SSSR count). The Labute approximate surface area is 144 Å². The highest BCUT2D eigenvalue weighted by atomic mass is 32.2. The highest BCUT2D eigenvalue weighted by Gasteiger charge is 2.14. The SMILES string of the molecule is Cc1cc(CCNS(=O)(=O)CCc2ccc(C(C)(C)C)cc2)no1. The molecular weight excluding hydrogens is 324 g/mol. The van der Waals surface area contributed by atoms with Crippen LogP contribution in [0.15, 0.2) is 34.9 Å². The molecule has 1 aromatic carbocycles. The van der Waals surface area contributed by atoms with Crippen LogP contribution in [0.4, 0.5) is 0 Å². The molecule has 132 valence electrons. The average molecular weight is 350 g/mol. The summed E-state index contributed by atoms with van der Waals surface area (Å²) in [6.07, 6.45) is 1.03. The standard InChI is InChI=1S/C18H26N2O3S/c1-14-13-17(20-23-14)9-11-19-24(21,22)12-10-15-5-7-16(8-6-15)18(2,3)4/h5-8,13,19H,9-12H2,1-4H3. The molecule has 0 fully saturated rings. The van der Waals surface area contributed by atoms with Crippen molar-refractivity contribution < 1.29 is 12.9 Å². The zero-order valence-electron chi connectivity index (χ0n) is 14.8. The molecule has 0 unspecified atom stereocenters. The lowest BCUT2D eigenvalue weighted by Gasteiger charge is -2.19. The number of aromatic nitrogens is 1. The predicted molar refractivity (Wildman–Crippen MR) is 95.6 cm³/mol. The van der Waals surface area contributed by atoms with Crippen molar-refractivity contribution in [1.82, 2.24) is 9.88 Å². The molecule has 1 aromatic heterocycles. The van der Waals surface area contributed by atoms with E-state index in [-0.39, 0.29) is 11.2 Å². The molecule has 0 saturated heterocycles. The first-order valence-electron chi connectivity index (χ1n) is 8.15. The molecule has 6 heteroatoms. The molecular formula is C18H26N2O3S. The molecule has 5 nitrogen and oxygen atoms in total. The van der Waals surface area contributed by atoms with E-state index in [9.17, 15) is 8.42 Å². The first-order valence-corrected chi connectivity index (χ1v) is 9.80. The maximum atomic E-state index is 12.1. The van der Waals surface area contributed by atoms with Crippen LogP contribution in [0.2, 0.25) is 0 Å². The van der Waals surface area contributed by atoms with Gasteiger partial charge in [0.2, 0.25) is 10.0 Å². The Kier molecular flexibility index (Phi) is 5.83. The summed E-state index contributed by atoms with van der Waals surface area (Å²) in [5, 5.41) is 3.85. The second kappa shape index (κ2) is 7.49. The van der Waals surface area contributed by atoms with Gasteiger partial charge >= 0.3 is 0 Å². The molecule has 0 spiro atoms. The third kappa shape index (κ3) is 5.76.